The van der Waals surface area contributed by atoms with E-state index in [-0.39, 0.29) is 49.3 Å². The normalized spacial score (nSPS) is 25.1. The van der Waals surface area contributed by atoms with Crippen LogP contribution < -0.4 is 25.4 Å². The van der Waals surface area contributed by atoms with Crippen molar-refractivity contribution in [2.45, 2.75) is 95.9 Å². The second kappa shape index (κ2) is 17.0. The van der Waals surface area contributed by atoms with Crippen molar-refractivity contribution in [3.05, 3.63) is 66.2 Å². The molecule has 16 heteroatoms. The summed E-state index contributed by atoms with van der Waals surface area (Å²) in [6, 6.07) is 14.2. The molecule has 4 N–H and O–H groups in total. The molecule has 56 heavy (non-hydrogen) atoms. The van der Waals surface area contributed by atoms with Crippen molar-refractivity contribution in [1.29, 1.82) is 0 Å². The van der Waals surface area contributed by atoms with E-state index in [1.807, 2.05) is 80.0 Å². The minimum atomic E-state index is -4.13. The third-order valence-electron chi connectivity index (χ3n) is 10.9. The SMILES string of the molecule is CC(C)n1c(O[C@@H]2C[C@H]3C(=O)N[C@]4(C(=O)NS(=O)(=O)N(C)C)C[C@@H]4/C=C\CCCCC[C@H](C)C(=O)N3C2)nc2c(NC(=O)NCCc3ccccc3)cccc21. The van der Waals surface area contributed by atoms with Crippen molar-refractivity contribution in [2.75, 3.05) is 32.5 Å². The highest BCUT2D eigenvalue weighted by Gasteiger charge is 2.61. The minimum absolute atomic E-state index is 0.0987. The summed E-state index contributed by atoms with van der Waals surface area (Å²) in [7, 11) is -1.51. The lowest BCUT2D eigenvalue weighted by Crippen LogP contribution is -2.57. The monoisotopic (exact) mass is 790 g/mol. The number of ether oxygens (including phenoxy) is 1. The van der Waals surface area contributed by atoms with Crippen molar-refractivity contribution >= 4 is 50.7 Å². The van der Waals surface area contributed by atoms with Crippen LogP contribution in [0.25, 0.3) is 11.0 Å². The predicted octanol–water partition coefficient (Wildman–Crippen LogP) is 4.28. The Labute approximate surface area is 328 Å². The van der Waals surface area contributed by atoms with Gasteiger partial charge in [-0.3, -0.25) is 19.0 Å². The highest BCUT2D eigenvalue weighted by Crippen LogP contribution is 2.46. The maximum atomic E-state index is 14.3. The molecule has 3 aromatic rings. The molecule has 2 fully saturated rings. The number of fused-ring (bicyclic) bond motifs is 3. The molecule has 2 aliphatic heterocycles. The van der Waals surface area contributed by atoms with E-state index in [0.717, 1.165) is 41.1 Å². The topological polar surface area (TPSA) is 184 Å². The Morgan fingerprint density at radius 1 is 1.07 bits per heavy atom. The lowest BCUT2D eigenvalue weighted by atomic mass is 10.0. The first kappa shape index (κ1) is 40.7. The fourth-order valence-corrected chi connectivity index (χ4v) is 8.17. The summed E-state index contributed by atoms with van der Waals surface area (Å²) < 4.78 is 36.8. The number of carbonyl (C=O) groups excluding carboxylic acids is 4. The molecule has 1 saturated carbocycles. The molecule has 5 amide bonds. The summed E-state index contributed by atoms with van der Waals surface area (Å²) in [5.74, 6) is -2.33. The van der Waals surface area contributed by atoms with Crippen LogP contribution in [0.15, 0.2) is 60.7 Å². The van der Waals surface area contributed by atoms with Crippen molar-refractivity contribution in [3.63, 3.8) is 0 Å². The third kappa shape index (κ3) is 9.02. The smallest absolute Gasteiger partial charge is 0.319 e. The number of hydrogen-bond acceptors (Lipinski definition) is 8. The van der Waals surface area contributed by atoms with Gasteiger partial charge in [0.2, 0.25) is 11.8 Å². The average molecular weight is 791 g/mol. The van der Waals surface area contributed by atoms with Crippen LogP contribution in [0.3, 0.4) is 0 Å². The number of aromatic nitrogens is 2. The highest BCUT2D eigenvalue weighted by molar-refractivity contribution is 7.87. The number of carbonyl (C=O) groups is 4. The molecule has 6 rings (SSSR count). The Morgan fingerprint density at radius 2 is 1.84 bits per heavy atom. The first-order chi connectivity index (χ1) is 26.7. The maximum absolute atomic E-state index is 14.3. The molecule has 1 saturated heterocycles. The van der Waals surface area contributed by atoms with Crippen LogP contribution in [0.4, 0.5) is 10.5 Å². The van der Waals surface area contributed by atoms with E-state index in [1.54, 1.807) is 6.07 Å². The standard InChI is InChI=1S/C40H54N8O7S/c1-26(2)48-32-20-14-19-31(42-38(52)41-22-21-28-16-11-9-12-17-28)34(32)43-39(48)55-30-23-33-35(49)44-40(37(51)45-56(53,54)46(4)5)24-29(40)18-13-8-6-7-10-15-27(3)36(50)47(33)25-30/h9,11-14,16-20,26-27,29-30,33H,6-8,10,15,21-25H2,1-5H3,(H,44,49)(H,45,51)(H2,41,42,52)/b18-13-/t27-,29-,30+,33-,40+/m0/s1. The van der Waals surface area contributed by atoms with Gasteiger partial charge in [-0.25, -0.2) is 9.52 Å². The van der Waals surface area contributed by atoms with Gasteiger partial charge in [-0.2, -0.15) is 17.7 Å². The highest BCUT2D eigenvalue weighted by atomic mass is 32.2. The predicted molar refractivity (Wildman–Crippen MR) is 213 cm³/mol. The van der Waals surface area contributed by atoms with Gasteiger partial charge in [0.25, 0.3) is 11.9 Å². The number of imidazole rings is 1. The van der Waals surface area contributed by atoms with E-state index in [0.29, 0.717) is 30.6 Å². The first-order valence-electron chi connectivity index (χ1n) is 19.5. The van der Waals surface area contributed by atoms with E-state index < -0.39 is 45.6 Å². The number of anilines is 1. The number of benzene rings is 2. The van der Waals surface area contributed by atoms with Gasteiger partial charge in [0, 0.05) is 44.9 Å². The fraction of sp³-hybridized carbons (Fsp3) is 0.525. The molecule has 0 radical (unpaired) electrons. The lowest BCUT2D eigenvalue weighted by Gasteiger charge is -2.28. The van der Waals surface area contributed by atoms with Crippen LogP contribution in [0, 0.1) is 11.8 Å². The molecule has 3 heterocycles. The van der Waals surface area contributed by atoms with Gasteiger partial charge in [-0.15, -0.1) is 0 Å². The first-order valence-corrected chi connectivity index (χ1v) is 20.9. The molecular formula is C40H54N8O7S. The summed E-state index contributed by atoms with van der Waals surface area (Å²) in [4.78, 5) is 61.2. The number of para-hydroxylation sites is 1. The number of nitrogens with zero attached hydrogens (tertiary/aromatic N) is 4. The molecule has 2 aromatic carbocycles. The second-order valence-corrected chi connectivity index (χ2v) is 17.5. The van der Waals surface area contributed by atoms with E-state index in [4.69, 9.17) is 9.72 Å². The van der Waals surface area contributed by atoms with Crippen molar-refractivity contribution in [2.24, 2.45) is 11.8 Å². The molecule has 1 aromatic heterocycles. The zero-order valence-corrected chi connectivity index (χ0v) is 33.6. The summed E-state index contributed by atoms with van der Waals surface area (Å²) >= 11 is 0. The summed E-state index contributed by atoms with van der Waals surface area (Å²) in [6.07, 6.45) is 8.35. The summed E-state index contributed by atoms with van der Waals surface area (Å²) in [5.41, 5.74) is 1.39. The largest absolute Gasteiger partial charge is 0.459 e. The van der Waals surface area contributed by atoms with Crippen LogP contribution in [-0.2, 0) is 31.0 Å². The minimum Gasteiger partial charge on any atom is -0.459 e. The molecule has 0 unspecified atom stereocenters. The summed E-state index contributed by atoms with van der Waals surface area (Å²) in [5, 5.41) is 8.72. The van der Waals surface area contributed by atoms with Gasteiger partial charge < -0.3 is 25.6 Å². The Bertz CT molecular complexity index is 2070. The molecule has 5 atom stereocenters. The average Bonchev–Trinajstić information content (AvgIpc) is 3.47. The molecule has 0 bridgehead atoms. The Morgan fingerprint density at radius 3 is 2.57 bits per heavy atom. The van der Waals surface area contributed by atoms with Gasteiger partial charge in [0.05, 0.1) is 17.7 Å². The lowest BCUT2D eigenvalue weighted by molar-refractivity contribution is -0.142. The van der Waals surface area contributed by atoms with Crippen LogP contribution in [0.5, 0.6) is 6.01 Å². The van der Waals surface area contributed by atoms with E-state index in [9.17, 15) is 27.6 Å². The van der Waals surface area contributed by atoms with Crippen LogP contribution >= 0.6 is 0 Å². The number of urea groups is 1. The van der Waals surface area contributed by atoms with Gasteiger partial charge in [-0.05, 0) is 63.6 Å². The molecule has 15 nitrogen and oxygen atoms in total. The van der Waals surface area contributed by atoms with Gasteiger partial charge in [-0.1, -0.05) is 68.3 Å². The van der Waals surface area contributed by atoms with Crippen molar-refractivity contribution in [1.82, 2.24) is 34.1 Å². The van der Waals surface area contributed by atoms with Crippen LogP contribution in [0.2, 0.25) is 0 Å². The van der Waals surface area contributed by atoms with E-state index in [1.165, 1.54) is 19.0 Å². The number of rotatable bonds is 10. The summed E-state index contributed by atoms with van der Waals surface area (Å²) in [6.45, 7) is 6.40. The molecule has 302 valence electrons. The molecule has 1 aliphatic carbocycles. The molecular weight excluding hydrogens is 737 g/mol. The van der Waals surface area contributed by atoms with E-state index >= 15 is 0 Å². The zero-order chi connectivity index (χ0) is 40.2. The van der Waals surface area contributed by atoms with E-state index in [2.05, 4.69) is 20.7 Å². The number of amides is 5. The Hall–Kier alpha value is -4.96. The number of nitrogens with one attached hydrogen (secondary N) is 4. The molecule has 3 aliphatic rings. The Kier molecular flexibility index (Phi) is 12.4. The quantitative estimate of drug-likeness (QED) is 0.220. The van der Waals surface area contributed by atoms with Crippen LogP contribution in [0.1, 0.15) is 77.3 Å². The molecule has 0 spiro atoms. The fourth-order valence-electron chi connectivity index (χ4n) is 7.58. The van der Waals surface area contributed by atoms with Gasteiger partial charge in [0.15, 0.2) is 0 Å². The van der Waals surface area contributed by atoms with Crippen molar-refractivity contribution in [3.8, 4) is 6.01 Å². The Balaban J connectivity index is 1.24. The van der Waals surface area contributed by atoms with Gasteiger partial charge >= 0.3 is 16.2 Å². The second-order valence-electron chi connectivity index (χ2n) is 15.6. The zero-order valence-electron chi connectivity index (χ0n) is 32.8. The van der Waals surface area contributed by atoms with Crippen LogP contribution in [-0.4, -0.2) is 95.8 Å². The number of allylic oxidation sites excluding steroid dienone is 1. The maximum Gasteiger partial charge on any atom is 0.319 e. The third-order valence-corrected chi connectivity index (χ3v) is 12.3. The van der Waals surface area contributed by atoms with Gasteiger partial charge in [0.1, 0.15) is 23.2 Å². The van der Waals surface area contributed by atoms with Crippen molar-refractivity contribution < 1.29 is 32.3 Å². The number of hydrogen-bond donors (Lipinski definition) is 4.